The maximum Gasteiger partial charge on any atom is 0.232 e. The molecule has 0 atom stereocenters. The van der Waals surface area contributed by atoms with Crippen LogP contribution in [0.15, 0.2) is 42.5 Å². The number of hydrogen-bond acceptors (Lipinski definition) is 4. The zero-order valence-corrected chi connectivity index (χ0v) is 22.3. The third kappa shape index (κ3) is 8.05. The lowest BCUT2D eigenvalue weighted by atomic mass is 9.87. The van der Waals surface area contributed by atoms with E-state index in [2.05, 4.69) is 38.2 Å². The fraction of sp³-hybridized carbons (Fsp3) is 0.519. The second-order valence-electron chi connectivity index (χ2n) is 9.54. The summed E-state index contributed by atoms with van der Waals surface area (Å²) in [6, 6.07) is 13.9. The van der Waals surface area contributed by atoms with E-state index in [-0.39, 0.29) is 24.3 Å². The van der Waals surface area contributed by atoms with Crippen LogP contribution in [-0.4, -0.2) is 40.3 Å². The number of sulfonamides is 1. The van der Waals surface area contributed by atoms with Crippen molar-refractivity contribution in [2.45, 2.75) is 65.7 Å². The van der Waals surface area contributed by atoms with Gasteiger partial charge in [0.2, 0.25) is 15.9 Å². The number of aryl methyl sites for hydroxylation is 2. The van der Waals surface area contributed by atoms with E-state index in [1.54, 1.807) is 0 Å². The molecule has 0 aliphatic carbocycles. The molecule has 0 fully saturated rings. The molecule has 2 aromatic carbocycles. The van der Waals surface area contributed by atoms with Crippen molar-refractivity contribution in [3.8, 4) is 5.75 Å². The first-order chi connectivity index (χ1) is 16.0. The number of carbonyl (C=O) groups is 1. The normalized spacial score (nSPS) is 11.8. The molecule has 34 heavy (non-hydrogen) atoms. The van der Waals surface area contributed by atoms with Crippen LogP contribution in [-0.2, 0) is 33.1 Å². The predicted molar refractivity (Wildman–Crippen MR) is 140 cm³/mol. The highest BCUT2D eigenvalue weighted by atomic mass is 32.2. The van der Waals surface area contributed by atoms with Crippen molar-refractivity contribution in [2.75, 3.05) is 30.3 Å². The first-order valence-electron chi connectivity index (χ1n) is 12.1. The minimum atomic E-state index is -3.46. The Labute approximate surface area is 205 Å². The Morgan fingerprint density at radius 1 is 1.00 bits per heavy atom. The van der Waals surface area contributed by atoms with Crippen molar-refractivity contribution in [3.63, 3.8) is 0 Å². The SMILES string of the molecule is CCc1cccc(CC)c1N(CCCC(=O)NCCOc1ccc(C(C)(C)C)cc1)S(C)(=O)=O. The topological polar surface area (TPSA) is 75.7 Å². The summed E-state index contributed by atoms with van der Waals surface area (Å²) in [4.78, 5) is 12.3. The fourth-order valence-corrected chi connectivity index (χ4v) is 4.89. The number of hydrogen-bond donors (Lipinski definition) is 1. The summed E-state index contributed by atoms with van der Waals surface area (Å²) in [5.74, 6) is 0.659. The standard InChI is InChI=1S/C27H40N2O4S/c1-7-21-11-9-12-22(8-2)26(21)29(34(6,31)32)19-10-13-25(30)28-18-20-33-24-16-14-23(15-17-24)27(3,4)5/h9,11-12,14-17H,7-8,10,13,18-20H2,1-6H3,(H,28,30). The number of benzene rings is 2. The first kappa shape index (κ1) is 27.7. The van der Waals surface area contributed by atoms with Crippen LogP contribution in [0, 0.1) is 0 Å². The maximum atomic E-state index is 12.6. The lowest BCUT2D eigenvalue weighted by molar-refractivity contribution is -0.121. The molecule has 6 nitrogen and oxygen atoms in total. The van der Waals surface area contributed by atoms with Gasteiger partial charge in [-0.2, -0.15) is 0 Å². The molecule has 0 saturated heterocycles. The third-order valence-electron chi connectivity index (χ3n) is 5.79. The van der Waals surface area contributed by atoms with Gasteiger partial charge in [0.25, 0.3) is 0 Å². The number of ether oxygens (including phenoxy) is 1. The zero-order chi connectivity index (χ0) is 25.4. The monoisotopic (exact) mass is 488 g/mol. The van der Waals surface area contributed by atoms with Crippen LogP contribution in [0.25, 0.3) is 0 Å². The number of nitrogens with one attached hydrogen (secondary N) is 1. The van der Waals surface area contributed by atoms with Crippen molar-refractivity contribution >= 4 is 21.6 Å². The number of amides is 1. The van der Waals surface area contributed by atoms with Crippen LogP contribution in [0.3, 0.4) is 0 Å². The second-order valence-corrected chi connectivity index (χ2v) is 11.5. The molecule has 2 rings (SSSR count). The van der Waals surface area contributed by atoms with E-state index in [1.165, 1.54) is 16.1 Å². The van der Waals surface area contributed by atoms with E-state index in [4.69, 9.17) is 4.74 Å². The quantitative estimate of drug-likeness (QED) is 0.433. The number of rotatable bonds is 12. The Balaban J connectivity index is 1.85. The summed E-state index contributed by atoms with van der Waals surface area (Å²) >= 11 is 0. The van der Waals surface area contributed by atoms with Crippen LogP contribution >= 0.6 is 0 Å². The largest absolute Gasteiger partial charge is 0.492 e. The summed E-state index contributed by atoms with van der Waals surface area (Å²) in [5.41, 5.74) is 4.10. The molecule has 0 aliphatic heterocycles. The highest BCUT2D eigenvalue weighted by Gasteiger charge is 2.22. The molecular weight excluding hydrogens is 448 g/mol. The van der Waals surface area contributed by atoms with Crippen LogP contribution in [0.2, 0.25) is 0 Å². The highest BCUT2D eigenvalue weighted by molar-refractivity contribution is 7.92. The Morgan fingerprint density at radius 3 is 2.09 bits per heavy atom. The average Bonchev–Trinajstić information content (AvgIpc) is 2.78. The molecule has 2 aromatic rings. The molecular formula is C27H40N2O4S. The second kappa shape index (κ2) is 12.2. The summed E-state index contributed by atoms with van der Waals surface area (Å²) in [6.45, 7) is 11.6. The van der Waals surface area contributed by atoms with Crippen LogP contribution in [0.4, 0.5) is 5.69 Å². The fourth-order valence-electron chi connectivity index (χ4n) is 3.86. The van der Waals surface area contributed by atoms with Crippen LogP contribution in [0.5, 0.6) is 5.75 Å². The molecule has 0 saturated carbocycles. The van der Waals surface area contributed by atoms with Gasteiger partial charge in [-0.15, -0.1) is 0 Å². The minimum Gasteiger partial charge on any atom is -0.492 e. The number of carbonyl (C=O) groups excluding carboxylic acids is 1. The molecule has 0 spiro atoms. The lowest BCUT2D eigenvalue weighted by Crippen LogP contribution is -2.34. The number of para-hydroxylation sites is 1. The highest BCUT2D eigenvalue weighted by Crippen LogP contribution is 2.29. The lowest BCUT2D eigenvalue weighted by Gasteiger charge is -2.27. The molecule has 188 valence electrons. The predicted octanol–water partition coefficient (Wildman–Crippen LogP) is 4.85. The van der Waals surface area contributed by atoms with E-state index in [1.807, 2.05) is 44.2 Å². The number of anilines is 1. The molecule has 1 N–H and O–H groups in total. The van der Waals surface area contributed by atoms with Gasteiger partial charge < -0.3 is 10.1 Å². The van der Waals surface area contributed by atoms with Crippen LogP contribution in [0.1, 0.15) is 64.2 Å². The Morgan fingerprint density at radius 2 is 1.59 bits per heavy atom. The Hall–Kier alpha value is -2.54. The van der Waals surface area contributed by atoms with Crippen molar-refractivity contribution in [2.24, 2.45) is 0 Å². The van der Waals surface area contributed by atoms with Gasteiger partial charge in [-0.25, -0.2) is 8.42 Å². The Bertz CT molecular complexity index is 1020. The molecule has 0 heterocycles. The van der Waals surface area contributed by atoms with Gasteiger partial charge in [0.1, 0.15) is 12.4 Å². The van der Waals surface area contributed by atoms with E-state index >= 15 is 0 Å². The molecule has 0 unspecified atom stereocenters. The summed E-state index contributed by atoms with van der Waals surface area (Å²) < 4.78 is 32.3. The van der Waals surface area contributed by atoms with Crippen molar-refractivity contribution < 1.29 is 17.9 Å². The summed E-state index contributed by atoms with van der Waals surface area (Å²) in [5, 5.41) is 2.85. The van der Waals surface area contributed by atoms with E-state index < -0.39 is 10.0 Å². The third-order valence-corrected chi connectivity index (χ3v) is 6.96. The van der Waals surface area contributed by atoms with Gasteiger partial charge in [0.05, 0.1) is 18.5 Å². The smallest absolute Gasteiger partial charge is 0.232 e. The van der Waals surface area contributed by atoms with Gasteiger partial charge in [0, 0.05) is 13.0 Å². The van der Waals surface area contributed by atoms with E-state index in [9.17, 15) is 13.2 Å². The molecule has 1 amide bonds. The molecule has 0 aromatic heterocycles. The average molecular weight is 489 g/mol. The van der Waals surface area contributed by atoms with Gasteiger partial charge in [-0.05, 0) is 53.5 Å². The zero-order valence-electron chi connectivity index (χ0n) is 21.5. The van der Waals surface area contributed by atoms with E-state index in [0.717, 1.165) is 35.4 Å². The van der Waals surface area contributed by atoms with Gasteiger partial charge in [-0.1, -0.05) is 65.0 Å². The van der Waals surface area contributed by atoms with Gasteiger partial charge in [-0.3, -0.25) is 9.10 Å². The van der Waals surface area contributed by atoms with E-state index in [0.29, 0.717) is 19.6 Å². The molecule has 0 bridgehead atoms. The molecule has 0 radical (unpaired) electrons. The minimum absolute atomic E-state index is 0.0932. The van der Waals surface area contributed by atoms with Crippen molar-refractivity contribution in [3.05, 3.63) is 59.2 Å². The van der Waals surface area contributed by atoms with Crippen molar-refractivity contribution in [1.29, 1.82) is 0 Å². The Kier molecular flexibility index (Phi) is 9.98. The molecule has 7 heteroatoms. The molecule has 0 aliphatic rings. The van der Waals surface area contributed by atoms with Gasteiger partial charge in [0.15, 0.2) is 0 Å². The summed E-state index contributed by atoms with van der Waals surface area (Å²) in [7, 11) is -3.46. The summed E-state index contributed by atoms with van der Waals surface area (Å²) in [6.07, 6.45) is 3.41. The van der Waals surface area contributed by atoms with Crippen LogP contribution < -0.4 is 14.4 Å². The maximum absolute atomic E-state index is 12.6. The van der Waals surface area contributed by atoms with Crippen molar-refractivity contribution in [1.82, 2.24) is 5.32 Å². The van der Waals surface area contributed by atoms with Gasteiger partial charge >= 0.3 is 0 Å². The number of nitrogens with zero attached hydrogens (tertiary/aromatic N) is 1. The first-order valence-corrected chi connectivity index (χ1v) is 13.9.